The first-order valence-electron chi connectivity index (χ1n) is 6.00. The van der Waals surface area contributed by atoms with E-state index in [0.29, 0.717) is 6.02 Å². The highest BCUT2D eigenvalue weighted by molar-refractivity contribution is 5.73. The fraction of sp³-hybridized carbons (Fsp3) is 0.909. The van der Waals surface area contributed by atoms with Gasteiger partial charge in [0.15, 0.2) is 0 Å². The third-order valence-electron chi connectivity index (χ3n) is 3.40. The van der Waals surface area contributed by atoms with Crippen LogP contribution in [0.5, 0.6) is 0 Å². The molecule has 0 aromatic heterocycles. The Morgan fingerprint density at radius 3 is 3.07 bits per heavy atom. The van der Waals surface area contributed by atoms with Crippen LogP contribution in [0.1, 0.15) is 32.6 Å². The zero-order valence-electron chi connectivity index (χ0n) is 9.48. The predicted molar refractivity (Wildman–Crippen MR) is 60.9 cm³/mol. The number of nitrogens with zero attached hydrogens (tertiary/aromatic N) is 2. The molecule has 0 aromatic carbocycles. The van der Waals surface area contributed by atoms with Crippen molar-refractivity contribution < 1.29 is 4.74 Å². The SMILES string of the molecule is CCC1CCCCN1CC1CN=C(N)O1. The van der Waals surface area contributed by atoms with Gasteiger partial charge in [-0.2, -0.15) is 0 Å². The summed E-state index contributed by atoms with van der Waals surface area (Å²) in [4.78, 5) is 6.62. The molecule has 2 aliphatic heterocycles. The highest BCUT2D eigenvalue weighted by atomic mass is 16.5. The van der Waals surface area contributed by atoms with Crippen LogP contribution in [0.4, 0.5) is 0 Å². The van der Waals surface area contributed by atoms with Crippen molar-refractivity contribution in [2.75, 3.05) is 19.6 Å². The molecule has 4 nitrogen and oxygen atoms in total. The summed E-state index contributed by atoms with van der Waals surface area (Å²) in [7, 11) is 0. The number of piperidine rings is 1. The zero-order chi connectivity index (χ0) is 10.7. The molecule has 2 rings (SSSR count). The molecule has 0 saturated carbocycles. The molecule has 2 N–H and O–H groups in total. The van der Waals surface area contributed by atoms with Crippen molar-refractivity contribution in [2.24, 2.45) is 10.7 Å². The Morgan fingerprint density at radius 1 is 1.53 bits per heavy atom. The second kappa shape index (κ2) is 4.84. The van der Waals surface area contributed by atoms with Gasteiger partial charge in [0.1, 0.15) is 6.10 Å². The highest BCUT2D eigenvalue weighted by Crippen LogP contribution is 2.20. The molecule has 0 spiro atoms. The van der Waals surface area contributed by atoms with E-state index < -0.39 is 0 Å². The Bertz CT molecular complexity index is 242. The first-order valence-corrected chi connectivity index (χ1v) is 6.00. The summed E-state index contributed by atoms with van der Waals surface area (Å²) in [5, 5.41) is 0. The van der Waals surface area contributed by atoms with E-state index >= 15 is 0 Å². The highest BCUT2D eigenvalue weighted by Gasteiger charge is 2.26. The predicted octanol–water partition coefficient (Wildman–Crippen LogP) is 0.964. The normalized spacial score (nSPS) is 32.5. The first kappa shape index (κ1) is 10.7. The van der Waals surface area contributed by atoms with Crippen LogP contribution in [0.3, 0.4) is 0 Å². The van der Waals surface area contributed by atoms with Crippen LogP contribution in [0.25, 0.3) is 0 Å². The molecule has 0 aromatic rings. The molecule has 2 unspecified atom stereocenters. The lowest BCUT2D eigenvalue weighted by Gasteiger charge is -2.36. The zero-order valence-corrected chi connectivity index (χ0v) is 9.48. The molecule has 0 aliphatic carbocycles. The molecule has 1 fully saturated rings. The molecule has 0 amide bonds. The summed E-state index contributed by atoms with van der Waals surface area (Å²) < 4.78 is 5.44. The lowest BCUT2D eigenvalue weighted by molar-refractivity contribution is 0.0849. The van der Waals surface area contributed by atoms with E-state index in [1.54, 1.807) is 0 Å². The van der Waals surface area contributed by atoms with Crippen LogP contribution in [0, 0.1) is 0 Å². The summed E-state index contributed by atoms with van der Waals surface area (Å²) in [6.45, 7) is 5.20. The molecular formula is C11H21N3O. The average molecular weight is 211 g/mol. The first-order chi connectivity index (χ1) is 7.29. The molecule has 86 valence electrons. The van der Waals surface area contributed by atoms with Crippen molar-refractivity contribution in [3.8, 4) is 0 Å². The molecule has 4 heteroatoms. The minimum Gasteiger partial charge on any atom is -0.459 e. The van der Waals surface area contributed by atoms with E-state index in [9.17, 15) is 0 Å². The van der Waals surface area contributed by atoms with Crippen molar-refractivity contribution in [3.05, 3.63) is 0 Å². The summed E-state index contributed by atoms with van der Waals surface area (Å²) in [6, 6.07) is 1.11. The van der Waals surface area contributed by atoms with Crippen molar-refractivity contribution in [2.45, 2.75) is 44.8 Å². The molecule has 2 heterocycles. The second-order valence-corrected chi connectivity index (χ2v) is 4.47. The van der Waals surface area contributed by atoms with Gasteiger partial charge in [0.2, 0.25) is 0 Å². The van der Waals surface area contributed by atoms with Crippen molar-refractivity contribution in [1.29, 1.82) is 0 Å². The largest absolute Gasteiger partial charge is 0.459 e. The van der Waals surface area contributed by atoms with Crippen molar-refractivity contribution in [1.82, 2.24) is 4.90 Å². The maximum atomic E-state index is 5.51. The fourth-order valence-electron chi connectivity index (χ4n) is 2.56. The second-order valence-electron chi connectivity index (χ2n) is 4.47. The third kappa shape index (κ3) is 2.62. The summed E-state index contributed by atoms with van der Waals surface area (Å²) in [6.07, 6.45) is 5.46. The molecule has 15 heavy (non-hydrogen) atoms. The Morgan fingerprint density at radius 2 is 2.40 bits per heavy atom. The molecule has 2 aliphatic rings. The van der Waals surface area contributed by atoms with Crippen LogP contribution in [-0.2, 0) is 4.74 Å². The van der Waals surface area contributed by atoms with Gasteiger partial charge >= 0.3 is 0 Å². The van der Waals surface area contributed by atoms with Crippen LogP contribution in [-0.4, -0.2) is 42.7 Å². The maximum absolute atomic E-state index is 5.51. The Labute approximate surface area is 91.5 Å². The van der Waals surface area contributed by atoms with E-state index in [1.807, 2.05) is 0 Å². The van der Waals surface area contributed by atoms with Gasteiger partial charge in [-0.25, -0.2) is 4.99 Å². The van der Waals surface area contributed by atoms with Crippen molar-refractivity contribution >= 4 is 6.02 Å². The van der Waals surface area contributed by atoms with E-state index in [1.165, 1.54) is 32.2 Å². The quantitative estimate of drug-likeness (QED) is 0.756. The minimum atomic E-state index is 0.192. The van der Waals surface area contributed by atoms with Crippen LogP contribution < -0.4 is 5.73 Å². The summed E-state index contributed by atoms with van der Waals surface area (Å²) in [5.74, 6) is 0. The Kier molecular flexibility index (Phi) is 3.46. The van der Waals surface area contributed by atoms with E-state index in [2.05, 4.69) is 16.8 Å². The lowest BCUT2D eigenvalue weighted by Crippen LogP contribution is -2.44. The van der Waals surface area contributed by atoms with Gasteiger partial charge < -0.3 is 10.5 Å². The molecule has 0 bridgehead atoms. The molecular weight excluding hydrogens is 190 g/mol. The van der Waals surface area contributed by atoms with E-state index in [4.69, 9.17) is 10.5 Å². The van der Waals surface area contributed by atoms with Gasteiger partial charge in [0.25, 0.3) is 6.02 Å². The van der Waals surface area contributed by atoms with Gasteiger partial charge in [-0.15, -0.1) is 0 Å². The van der Waals surface area contributed by atoms with Crippen LogP contribution in [0.2, 0.25) is 0 Å². The standard InChI is InChI=1S/C11H21N3O/c1-2-9-5-3-4-6-14(9)8-10-7-13-11(12)15-10/h9-10H,2-8H2,1H3,(H2,12,13). The fourth-order valence-corrected chi connectivity index (χ4v) is 2.56. The minimum absolute atomic E-state index is 0.192. The third-order valence-corrected chi connectivity index (χ3v) is 3.40. The number of aliphatic imine (C=N–C) groups is 1. The lowest BCUT2D eigenvalue weighted by atomic mass is 9.99. The number of hydrogen-bond donors (Lipinski definition) is 1. The van der Waals surface area contributed by atoms with Gasteiger partial charge in [0, 0.05) is 12.6 Å². The number of rotatable bonds is 3. The number of likely N-dealkylation sites (tertiary alicyclic amines) is 1. The smallest absolute Gasteiger partial charge is 0.282 e. The number of hydrogen-bond acceptors (Lipinski definition) is 4. The van der Waals surface area contributed by atoms with E-state index in [0.717, 1.165) is 19.1 Å². The maximum Gasteiger partial charge on any atom is 0.282 e. The monoisotopic (exact) mass is 211 g/mol. The topological polar surface area (TPSA) is 50.8 Å². The van der Waals surface area contributed by atoms with Crippen molar-refractivity contribution in [3.63, 3.8) is 0 Å². The Balaban J connectivity index is 1.82. The summed E-state index contributed by atoms with van der Waals surface area (Å²) in [5.41, 5.74) is 5.51. The Hall–Kier alpha value is -0.770. The van der Waals surface area contributed by atoms with Gasteiger partial charge in [0.05, 0.1) is 6.54 Å². The molecule has 1 saturated heterocycles. The van der Waals surface area contributed by atoms with Gasteiger partial charge in [-0.1, -0.05) is 13.3 Å². The van der Waals surface area contributed by atoms with Crippen LogP contribution >= 0.6 is 0 Å². The molecule has 0 radical (unpaired) electrons. The van der Waals surface area contributed by atoms with Crippen LogP contribution in [0.15, 0.2) is 4.99 Å². The number of amidine groups is 1. The van der Waals surface area contributed by atoms with Gasteiger partial charge in [-0.05, 0) is 25.8 Å². The summed E-state index contributed by atoms with van der Waals surface area (Å²) >= 11 is 0. The van der Waals surface area contributed by atoms with E-state index in [-0.39, 0.29) is 6.10 Å². The molecule has 2 atom stereocenters. The van der Waals surface area contributed by atoms with Gasteiger partial charge in [-0.3, -0.25) is 4.90 Å². The number of ether oxygens (including phenoxy) is 1. The average Bonchev–Trinajstić information content (AvgIpc) is 2.65. The number of nitrogens with two attached hydrogens (primary N) is 1.